The van der Waals surface area contributed by atoms with Crippen LogP contribution < -0.4 is 10.6 Å². The van der Waals surface area contributed by atoms with Gasteiger partial charge in [-0.3, -0.25) is 4.99 Å². The maximum absolute atomic E-state index is 5.65. The highest BCUT2D eigenvalue weighted by Gasteiger charge is 2.06. The van der Waals surface area contributed by atoms with Crippen LogP contribution in [-0.4, -0.2) is 18.9 Å². The van der Waals surface area contributed by atoms with Crippen molar-refractivity contribution >= 4 is 17.2 Å². The van der Waals surface area contributed by atoms with Gasteiger partial charge >= 0.3 is 0 Å². The van der Waals surface area contributed by atoms with Crippen LogP contribution >= 0.6 is 0 Å². The molecule has 0 atom stereocenters. The Morgan fingerprint density at radius 1 is 1.27 bits per heavy atom. The van der Waals surface area contributed by atoms with E-state index in [1.165, 1.54) is 0 Å². The van der Waals surface area contributed by atoms with Gasteiger partial charge in [0.15, 0.2) is 0 Å². The Bertz CT molecular complexity index is 327. The molecule has 0 amide bonds. The van der Waals surface area contributed by atoms with E-state index in [4.69, 9.17) is 5.73 Å². The molecule has 1 aromatic rings. The van der Waals surface area contributed by atoms with Crippen LogP contribution in [0, 0.1) is 0 Å². The fourth-order valence-electron chi connectivity index (χ4n) is 1.57. The predicted molar refractivity (Wildman–Crippen MR) is 67.5 cm³/mol. The number of amidine groups is 1. The number of anilines is 2. The number of rotatable bonds is 3. The largest absolute Gasteiger partial charge is 0.399 e. The highest BCUT2D eigenvalue weighted by Crippen LogP contribution is 2.16. The summed E-state index contributed by atoms with van der Waals surface area (Å²) in [5, 5.41) is 0. The summed E-state index contributed by atoms with van der Waals surface area (Å²) in [7, 11) is 0. The Hall–Kier alpha value is -1.51. The van der Waals surface area contributed by atoms with Gasteiger partial charge in [-0.25, -0.2) is 0 Å². The minimum Gasteiger partial charge on any atom is -0.399 e. The van der Waals surface area contributed by atoms with Gasteiger partial charge in [-0.15, -0.1) is 0 Å². The van der Waals surface area contributed by atoms with E-state index in [1.54, 1.807) is 0 Å². The van der Waals surface area contributed by atoms with Gasteiger partial charge in [0.1, 0.15) is 5.84 Å². The first-order valence-electron chi connectivity index (χ1n) is 5.33. The first-order valence-corrected chi connectivity index (χ1v) is 5.33. The average Bonchev–Trinajstić information content (AvgIpc) is 2.22. The topological polar surface area (TPSA) is 41.6 Å². The van der Waals surface area contributed by atoms with Crippen molar-refractivity contribution in [3.8, 4) is 0 Å². The molecule has 0 radical (unpaired) electrons. The molecule has 0 bridgehead atoms. The Morgan fingerprint density at radius 2 is 1.87 bits per heavy atom. The maximum Gasteiger partial charge on any atom is 0.100 e. The fourth-order valence-corrected chi connectivity index (χ4v) is 1.57. The third kappa shape index (κ3) is 2.98. The Kier molecular flexibility index (Phi) is 4.16. The van der Waals surface area contributed by atoms with Crippen molar-refractivity contribution in [1.82, 2.24) is 0 Å². The summed E-state index contributed by atoms with van der Waals surface area (Å²) in [5.41, 5.74) is 7.59. The summed E-state index contributed by atoms with van der Waals surface area (Å²) < 4.78 is 0. The van der Waals surface area contributed by atoms with Crippen molar-refractivity contribution in [2.45, 2.75) is 20.8 Å². The zero-order valence-corrected chi connectivity index (χ0v) is 9.70. The maximum atomic E-state index is 5.65. The van der Waals surface area contributed by atoms with Gasteiger partial charge in [-0.05, 0) is 45.0 Å². The molecule has 0 aliphatic carbocycles. The minimum atomic E-state index is 0.792. The van der Waals surface area contributed by atoms with E-state index < -0.39 is 0 Å². The lowest BCUT2D eigenvalue weighted by Crippen LogP contribution is -2.28. The van der Waals surface area contributed by atoms with Gasteiger partial charge in [0.05, 0.1) is 0 Å². The smallest absolute Gasteiger partial charge is 0.100 e. The van der Waals surface area contributed by atoms with Crippen LogP contribution in [0.1, 0.15) is 20.8 Å². The molecule has 0 spiro atoms. The second-order valence-corrected chi connectivity index (χ2v) is 3.36. The lowest BCUT2D eigenvalue weighted by atomic mass is 10.2. The van der Waals surface area contributed by atoms with E-state index in [0.29, 0.717) is 0 Å². The van der Waals surface area contributed by atoms with Crippen molar-refractivity contribution < 1.29 is 0 Å². The standard InChI is InChI=1S/C12H19N3/c1-4-14-10(3)15(5-2)12-8-6-11(13)7-9-12/h6-9H,4-5,13H2,1-3H3. The number of aliphatic imine (C=N–C) groups is 1. The lowest BCUT2D eigenvalue weighted by molar-refractivity contribution is 1.02. The van der Waals surface area contributed by atoms with Gasteiger partial charge in [-0.2, -0.15) is 0 Å². The second-order valence-electron chi connectivity index (χ2n) is 3.36. The first-order chi connectivity index (χ1) is 7.19. The van der Waals surface area contributed by atoms with Crippen molar-refractivity contribution in [3.05, 3.63) is 24.3 Å². The highest BCUT2D eigenvalue weighted by molar-refractivity contribution is 5.96. The second kappa shape index (κ2) is 5.39. The Labute approximate surface area is 91.6 Å². The molecule has 0 aliphatic rings. The molecule has 1 rings (SSSR count). The summed E-state index contributed by atoms with van der Waals surface area (Å²) in [6.45, 7) is 7.92. The summed E-state index contributed by atoms with van der Waals surface area (Å²) in [5.74, 6) is 1.05. The minimum absolute atomic E-state index is 0.792. The molecule has 0 aliphatic heterocycles. The van der Waals surface area contributed by atoms with Crippen LogP contribution in [0.2, 0.25) is 0 Å². The molecule has 0 aromatic heterocycles. The molecule has 3 heteroatoms. The number of nitrogens with zero attached hydrogens (tertiary/aromatic N) is 2. The van der Waals surface area contributed by atoms with Gasteiger partial charge < -0.3 is 10.6 Å². The zero-order chi connectivity index (χ0) is 11.3. The van der Waals surface area contributed by atoms with Crippen LogP contribution in [0.5, 0.6) is 0 Å². The SMILES string of the molecule is CCN=C(C)N(CC)c1ccc(N)cc1. The van der Waals surface area contributed by atoms with Gasteiger partial charge in [0.25, 0.3) is 0 Å². The molecule has 0 heterocycles. The van der Waals surface area contributed by atoms with Crippen molar-refractivity contribution in [2.24, 2.45) is 4.99 Å². The molecule has 2 N–H and O–H groups in total. The number of hydrogen-bond acceptors (Lipinski definition) is 2. The molecule has 1 aromatic carbocycles. The molecule has 0 unspecified atom stereocenters. The van der Waals surface area contributed by atoms with E-state index in [2.05, 4.69) is 16.8 Å². The molecular weight excluding hydrogens is 186 g/mol. The summed E-state index contributed by atoms with van der Waals surface area (Å²) in [6, 6.07) is 7.87. The van der Waals surface area contributed by atoms with Crippen molar-refractivity contribution in [1.29, 1.82) is 0 Å². The van der Waals surface area contributed by atoms with Crippen molar-refractivity contribution in [2.75, 3.05) is 23.7 Å². The first kappa shape index (κ1) is 11.6. The van der Waals surface area contributed by atoms with Gasteiger partial charge in [0, 0.05) is 24.5 Å². The fraction of sp³-hybridized carbons (Fsp3) is 0.417. The van der Waals surface area contributed by atoms with Crippen LogP contribution in [-0.2, 0) is 0 Å². The molecule has 0 fully saturated rings. The van der Waals surface area contributed by atoms with E-state index >= 15 is 0 Å². The van der Waals surface area contributed by atoms with Gasteiger partial charge in [-0.1, -0.05) is 0 Å². The van der Waals surface area contributed by atoms with Crippen LogP contribution in [0.25, 0.3) is 0 Å². The molecule has 15 heavy (non-hydrogen) atoms. The third-order valence-corrected chi connectivity index (χ3v) is 2.30. The average molecular weight is 205 g/mol. The van der Waals surface area contributed by atoms with E-state index in [1.807, 2.05) is 38.1 Å². The molecule has 82 valence electrons. The quantitative estimate of drug-likeness (QED) is 0.468. The van der Waals surface area contributed by atoms with Crippen LogP contribution in [0.15, 0.2) is 29.3 Å². The number of hydrogen-bond donors (Lipinski definition) is 1. The summed E-state index contributed by atoms with van der Waals surface area (Å²) in [4.78, 5) is 6.58. The van der Waals surface area contributed by atoms with Crippen LogP contribution in [0.4, 0.5) is 11.4 Å². The monoisotopic (exact) mass is 205 g/mol. The summed E-state index contributed by atoms with van der Waals surface area (Å²) >= 11 is 0. The number of benzene rings is 1. The Morgan fingerprint density at radius 3 is 2.33 bits per heavy atom. The van der Waals surface area contributed by atoms with Gasteiger partial charge in [0.2, 0.25) is 0 Å². The predicted octanol–water partition coefficient (Wildman–Crippen LogP) is 2.53. The summed E-state index contributed by atoms with van der Waals surface area (Å²) in [6.07, 6.45) is 0. The lowest BCUT2D eigenvalue weighted by Gasteiger charge is -2.22. The van der Waals surface area contributed by atoms with Crippen molar-refractivity contribution in [3.63, 3.8) is 0 Å². The normalized spacial score (nSPS) is 11.5. The zero-order valence-electron chi connectivity index (χ0n) is 9.70. The third-order valence-electron chi connectivity index (χ3n) is 2.30. The van der Waals surface area contributed by atoms with E-state index in [-0.39, 0.29) is 0 Å². The van der Waals surface area contributed by atoms with E-state index in [9.17, 15) is 0 Å². The molecule has 0 saturated carbocycles. The van der Waals surface area contributed by atoms with Crippen LogP contribution in [0.3, 0.4) is 0 Å². The molecule has 3 nitrogen and oxygen atoms in total. The highest BCUT2D eigenvalue weighted by atomic mass is 15.2. The Balaban J connectivity index is 2.92. The van der Waals surface area contributed by atoms with E-state index in [0.717, 1.165) is 30.3 Å². The molecule has 0 saturated heterocycles. The number of nitrogens with two attached hydrogens (primary N) is 1. The molecular formula is C12H19N3. The number of nitrogen functional groups attached to an aromatic ring is 1.